The smallest absolute Gasteiger partial charge is 0.253 e. The third-order valence-corrected chi connectivity index (χ3v) is 8.12. The Balaban J connectivity index is 1.16. The second-order valence-corrected chi connectivity index (χ2v) is 10.2. The molecule has 2 saturated heterocycles. The van der Waals surface area contributed by atoms with Gasteiger partial charge in [0.15, 0.2) is 23.1 Å². The van der Waals surface area contributed by atoms with Crippen LogP contribution in [-0.4, -0.2) is 95.5 Å². The Morgan fingerprint density at radius 1 is 1.08 bits per heavy atom. The van der Waals surface area contributed by atoms with Crippen LogP contribution in [0.3, 0.4) is 0 Å². The minimum atomic E-state index is -0.510. The van der Waals surface area contributed by atoms with E-state index < -0.39 is 5.79 Å². The molecule has 0 bridgehead atoms. The fourth-order valence-electron chi connectivity index (χ4n) is 6.07. The lowest BCUT2D eigenvalue weighted by atomic mass is 9.90. The Kier molecular flexibility index (Phi) is 5.90. The molecule has 3 aromatic rings. The fourth-order valence-corrected chi connectivity index (χ4v) is 6.07. The van der Waals surface area contributed by atoms with Gasteiger partial charge in [-0.15, -0.1) is 5.10 Å². The summed E-state index contributed by atoms with van der Waals surface area (Å²) in [7, 11) is 3.68. The number of hydrogen-bond acceptors (Lipinski definition) is 10. The van der Waals surface area contributed by atoms with Gasteiger partial charge in [-0.3, -0.25) is 9.69 Å². The molecule has 0 radical (unpaired) electrons. The van der Waals surface area contributed by atoms with E-state index in [1.807, 2.05) is 42.3 Å². The Hall–Kier alpha value is -3.74. The molecule has 1 spiro atoms. The van der Waals surface area contributed by atoms with Crippen LogP contribution in [0, 0.1) is 0 Å². The second kappa shape index (κ2) is 9.47. The molecule has 1 atom stereocenters. The van der Waals surface area contributed by atoms with Gasteiger partial charge in [0.25, 0.3) is 5.91 Å². The van der Waals surface area contributed by atoms with Crippen molar-refractivity contribution in [3.8, 4) is 22.9 Å². The molecule has 5 heterocycles. The number of ether oxygens (including phenoxy) is 5. The molecular formula is C27H30N6O6. The van der Waals surface area contributed by atoms with Gasteiger partial charge < -0.3 is 28.6 Å². The zero-order valence-electron chi connectivity index (χ0n) is 22.0. The normalized spacial score (nSPS) is 21.8. The molecule has 4 aliphatic heterocycles. The average Bonchev–Trinajstić information content (AvgIpc) is 3.74. The first-order chi connectivity index (χ1) is 19.1. The van der Waals surface area contributed by atoms with Crippen LogP contribution in [0.1, 0.15) is 46.2 Å². The standard InChI is InChI=1S/C27H30N6O6/c1-31-10-7-18-15-20-23(37-16-36-20)24(35-2)21(18)22(31)25-28-29-30-33(25)19-5-3-17(4-6-19)26(34)32-11-8-27(9-12-32)38-13-14-39-27/h3-6,15,22H,7-14,16H2,1-2H3/t22-/m1/s1. The molecule has 204 valence electrons. The third-order valence-electron chi connectivity index (χ3n) is 8.12. The van der Waals surface area contributed by atoms with E-state index in [1.165, 1.54) is 0 Å². The molecule has 2 aromatic carbocycles. The minimum Gasteiger partial charge on any atom is -0.492 e. The van der Waals surface area contributed by atoms with Gasteiger partial charge in [0, 0.05) is 43.6 Å². The van der Waals surface area contributed by atoms with E-state index in [0.717, 1.165) is 29.8 Å². The number of methoxy groups -OCH3 is 1. The Morgan fingerprint density at radius 3 is 2.59 bits per heavy atom. The number of rotatable bonds is 4. The molecule has 0 unspecified atom stereocenters. The number of amides is 1. The highest BCUT2D eigenvalue weighted by atomic mass is 16.7. The van der Waals surface area contributed by atoms with E-state index in [-0.39, 0.29) is 18.7 Å². The molecule has 1 amide bonds. The average molecular weight is 535 g/mol. The van der Waals surface area contributed by atoms with Crippen molar-refractivity contribution in [3.63, 3.8) is 0 Å². The van der Waals surface area contributed by atoms with Gasteiger partial charge in [0.2, 0.25) is 12.5 Å². The zero-order valence-corrected chi connectivity index (χ0v) is 22.0. The zero-order chi connectivity index (χ0) is 26.6. The van der Waals surface area contributed by atoms with Crippen molar-refractivity contribution >= 4 is 5.91 Å². The lowest BCUT2D eigenvalue weighted by molar-refractivity contribution is -0.181. The first-order valence-electron chi connectivity index (χ1n) is 13.2. The first-order valence-corrected chi connectivity index (χ1v) is 13.2. The predicted molar refractivity (Wildman–Crippen MR) is 136 cm³/mol. The Bertz CT molecular complexity index is 1390. The second-order valence-electron chi connectivity index (χ2n) is 10.2. The number of likely N-dealkylation sites (tertiary alicyclic amines) is 1. The number of carbonyl (C=O) groups is 1. The van der Waals surface area contributed by atoms with Gasteiger partial charge in [-0.2, -0.15) is 4.68 Å². The van der Waals surface area contributed by atoms with Gasteiger partial charge in [-0.25, -0.2) is 0 Å². The topological polar surface area (TPSA) is 113 Å². The molecule has 0 saturated carbocycles. The van der Waals surface area contributed by atoms with Crippen molar-refractivity contribution in [1.82, 2.24) is 30.0 Å². The van der Waals surface area contributed by atoms with Crippen LogP contribution in [0.25, 0.3) is 5.69 Å². The summed E-state index contributed by atoms with van der Waals surface area (Å²) in [5.74, 6) is 2.07. The van der Waals surface area contributed by atoms with E-state index in [1.54, 1.807) is 11.8 Å². The molecule has 39 heavy (non-hydrogen) atoms. The monoisotopic (exact) mass is 534 g/mol. The number of likely N-dealkylation sites (N-methyl/N-ethyl adjacent to an activating group) is 1. The van der Waals surface area contributed by atoms with Crippen LogP contribution in [0.15, 0.2) is 30.3 Å². The number of carbonyl (C=O) groups excluding carboxylic acids is 1. The third kappa shape index (κ3) is 4.01. The Labute approximate surface area is 225 Å². The number of fused-ring (bicyclic) bond motifs is 2. The summed E-state index contributed by atoms with van der Waals surface area (Å²) in [6.07, 6.45) is 2.21. The maximum atomic E-state index is 13.2. The molecule has 0 N–H and O–H groups in total. The highest BCUT2D eigenvalue weighted by molar-refractivity contribution is 5.94. The number of piperidine rings is 1. The largest absolute Gasteiger partial charge is 0.492 e. The summed E-state index contributed by atoms with van der Waals surface area (Å²) in [4.78, 5) is 17.3. The fraction of sp³-hybridized carbons (Fsp3) is 0.481. The molecule has 4 aliphatic rings. The number of aromatic nitrogens is 4. The maximum absolute atomic E-state index is 13.2. The van der Waals surface area contributed by atoms with Crippen molar-refractivity contribution < 1.29 is 28.5 Å². The number of benzene rings is 2. The summed E-state index contributed by atoms with van der Waals surface area (Å²) in [6.45, 7) is 3.42. The van der Waals surface area contributed by atoms with E-state index >= 15 is 0 Å². The van der Waals surface area contributed by atoms with E-state index in [9.17, 15) is 4.79 Å². The van der Waals surface area contributed by atoms with E-state index in [0.29, 0.717) is 67.8 Å². The van der Waals surface area contributed by atoms with Crippen molar-refractivity contribution in [2.24, 2.45) is 0 Å². The summed E-state index contributed by atoms with van der Waals surface area (Å²) < 4.78 is 30.5. The molecule has 12 nitrogen and oxygen atoms in total. The first kappa shape index (κ1) is 24.3. The molecular weight excluding hydrogens is 504 g/mol. The summed E-state index contributed by atoms with van der Waals surface area (Å²) in [6, 6.07) is 9.17. The molecule has 7 rings (SSSR count). The minimum absolute atomic E-state index is 0.00640. The summed E-state index contributed by atoms with van der Waals surface area (Å²) in [5.41, 5.74) is 3.46. The van der Waals surface area contributed by atoms with Gasteiger partial charge in [0.05, 0.1) is 26.0 Å². The van der Waals surface area contributed by atoms with Gasteiger partial charge in [-0.05, 0) is 59.8 Å². The Morgan fingerprint density at radius 2 is 1.85 bits per heavy atom. The lowest BCUT2D eigenvalue weighted by Gasteiger charge is -2.37. The van der Waals surface area contributed by atoms with Crippen LogP contribution < -0.4 is 14.2 Å². The number of nitrogens with zero attached hydrogens (tertiary/aromatic N) is 6. The van der Waals surface area contributed by atoms with Crippen LogP contribution in [0.4, 0.5) is 0 Å². The summed E-state index contributed by atoms with van der Waals surface area (Å²) >= 11 is 0. The predicted octanol–water partition coefficient (Wildman–Crippen LogP) is 1.96. The highest BCUT2D eigenvalue weighted by Crippen LogP contribution is 2.50. The molecule has 12 heteroatoms. The number of hydrogen-bond donors (Lipinski definition) is 0. The molecule has 0 aliphatic carbocycles. The van der Waals surface area contributed by atoms with Gasteiger partial charge >= 0.3 is 0 Å². The van der Waals surface area contributed by atoms with Gasteiger partial charge in [-0.1, -0.05) is 0 Å². The van der Waals surface area contributed by atoms with Crippen molar-refractivity contribution in [1.29, 1.82) is 0 Å². The number of tetrazole rings is 1. The van der Waals surface area contributed by atoms with Crippen LogP contribution in [0.2, 0.25) is 0 Å². The lowest BCUT2D eigenvalue weighted by Crippen LogP contribution is -2.47. The van der Waals surface area contributed by atoms with Crippen LogP contribution in [0.5, 0.6) is 17.2 Å². The SMILES string of the molecule is COc1c2c(cc3c1[C@H](c1nnnn1-c1ccc(C(=O)N4CCC5(CC4)OCCO5)cc1)N(C)CC3)OCO2. The van der Waals surface area contributed by atoms with Crippen molar-refractivity contribution in [2.75, 3.05) is 53.8 Å². The molecule has 1 aromatic heterocycles. The summed E-state index contributed by atoms with van der Waals surface area (Å²) in [5, 5.41) is 12.8. The quantitative estimate of drug-likeness (QED) is 0.492. The van der Waals surface area contributed by atoms with E-state index in [2.05, 4.69) is 20.4 Å². The van der Waals surface area contributed by atoms with E-state index in [4.69, 9.17) is 23.7 Å². The van der Waals surface area contributed by atoms with Crippen LogP contribution >= 0.6 is 0 Å². The maximum Gasteiger partial charge on any atom is 0.253 e. The van der Waals surface area contributed by atoms with Crippen molar-refractivity contribution in [3.05, 3.63) is 52.8 Å². The van der Waals surface area contributed by atoms with Crippen LogP contribution in [-0.2, 0) is 15.9 Å². The molecule has 2 fully saturated rings. The van der Waals surface area contributed by atoms with Gasteiger partial charge in [0.1, 0.15) is 6.04 Å². The highest BCUT2D eigenvalue weighted by Gasteiger charge is 2.41. The van der Waals surface area contributed by atoms with Crippen molar-refractivity contribution in [2.45, 2.75) is 31.1 Å².